The Balaban J connectivity index is 1.48. The predicted octanol–water partition coefficient (Wildman–Crippen LogP) is 5.16. The zero-order chi connectivity index (χ0) is 25.5. The van der Waals surface area contributed by atoms with Gasteiger partial charge >= 0.3 is 0 Å². The summed E-state index contributed by atoms with van der Waals surface area (Å²) in [5.41, 5.74) is 6.20. The maximum Gasteiger partial charge on any atom is 0.250 e. The van der Waals surface area contributed by atoms with Gasteiger partial charge in [0.15, 0.2) is 22.5 Å². The molecular weight excluding hydrogens is 498 g/mol. The summed E-state index contributed by atoms with van der Waals surface area (Å²) in [6.45, 7) is 2.03. The van der Waals surface area contributed by atoms with Gasteiger partial charge in [-0.15, -0.1) is 10.2 Å². The first kappa shape index (κ1) is 25.3. The van der Waals surface area contributed by atoms with E-state index in [1.54, 1.807) is 26.4 Å². The summed E-state index contributed by atoms with van der Waals surface area (Å²) in [5, 5.41) is 14.0. The lowest BCUT2D eigenvalue weighted by Gasteiger charge is -2.11. The van der Waals surface area contributed by atoms with E-state index < -0.39 is 0 Å². The first-order chi connectivity index (χ1) is 17.5. The van der Waals surface area contributed by atoms with Crippen molar-refractivity contribution in [1.82, 2.24) is 20.2 Å². The van der Waals surface area contributed by atoms with Gasteiger partial charge in [0.2, 0.25) is 0 Å². The lowest BCUT2D eigenvalue weighted by Crippen LogP contribution is -2.20. The molecule has 1 amide bonds. The molecule has 0 spiro atoms. The summed E-state index contributed by atoms with van der Waals surface area (Å²) < 4.78 is 12.4. The third-order valence-corrected chi connectivity index (χ3v) is 6.35. The Bertz CT molecular complexity index is 1370. The molecular formula is C26H24ClN5O3S. The Morgan fingerprint density at radius 2 is 1.75 bits per heavy atom. The second-order valence-electron chi connectivity index (χ2n) is 7.68. The Morgan fingerprint density at radius 3 is 2.44 bits per heavy atom. The lowest BCUT2D eigenvalue weighted by molar-refractivity contribution is -0.118. The van der Waals surface area contributed by atoms with Crippen LogP contribution in [0.15, 0.2) is 77.0 Å². The number of hydrogen-bond donors (Lipinski definition) is 1. The van der Waals surface area contributed by atoms with Crippen molar-refractivity contribution in [1.29, 1.82) is 0 Å². The van der Waals surface area contributed by atoms with E-state index in [4.69, 9.17) is 21.1 Å². The molecule has 0 bridgehead atoms. The van der Waals surface area contributed by atoms with Gasteiger partial charge in [0, 0.05) is 16.3 Å². The molecule has 1 N–H and O–H groups in total. The molecule has 3 aromatic carbocycles. The van der Waals surface area contributed by atoms with Gasteiger partial charge in [-0.2, -0.15) is 5.10 Å². The predicted molar refractivity (Wildman–Crippen MR) is 143 cm³/mol. The van der Waals surface area contributed by atoms with Gasteiger partial charge in [0.05, 0.1) is 26.2 Å². The van der Waals surface area contributed by atoms with Crippen molar-refractivity contribution in [2.75, 3.05) is 20.0 Å². The zero-order valence-electron chi connectivity index (χ0n) is 19.9. The summed E-state index contributed by atoms with van der Waals surface area (Å²) in [4.78, 5) is 12.5. The number of aryl methyl sites for hydroxylation is 1. The average molecular weight is 522 g/mol. The van der Waals surface area contributed by atoms with E-state index in [0.717, 1.165) is 22.4 Å². The van der Waals surface area contributed by atoms with Crippen LogP contribution >= 0.6 is 23.4 Å². The standard InChI is InChI=1S/C26H24ClN5O3S/c1-17-4-11-21(12-5-17)32-25(19-7-9-20(27)10-8-19)30-31-26(32)36-16-24(33)29-28-15-18-6-13-22(34-2)23(14-18)35-3/h4-15H,16H2,1-3H3,(H,29,33)/b28-15-. The molecule has 184 valence electrons. The first-order valence-corrected chi connectivity index (χ1v) is 12.3. The molecule has 0 atom stereocenters. The second kappa shape index (κ2) is 11.7. The van der Waals surface area contributed by atoms with Gasteiger partial charge in [-0.25, -0.2) is 5.43 Å². The number of rotatable bonds is 9. The minimum absolute atomic E-state index is 0.105. The summed E-state index contributed by atoms with van der Waals surface area (Å²) in [7, 11) is 3.13. The van der Waals surface area contributed by atoms with Crippen molar-refractivity contribution in [3.8, 4) is 28.6 Å². The van der Waals surface area contributed by atoms with E-state index >= 15 is 0 Å². The molecule has 1 heterocycles. The van der Waals surface area contributed by atoms with Crippen LogP contribution in [-0.2, 0) is 4.79 Å². The number of benzene rings is 3. The number of halogens is 1. The second-order valence-corrected chi connectivity index (χ2v) is 9.06. The Kier molecular flexibility index (Phi) is 8.24. The topological polar surface area (TPSA) is 90.6 Å². The number of hydrazone groups is 1. The zero-order valence-corrected chi connectivity index (χ0v) is 21.5. The van der Waals surface area contributed by atoms with Crippen LogP contribution in [-0.4, -0.2) is 46.9 Å². The molecule has 0 aliphatic heterocycles. The van der Waals surface area contributed by atoms with Crippen molar-refractivity contribution < 1.29 is 14.3 Å². The normalized spacial score (nSPS) is 11.0. The van der Waals surface area contributed by atoms with E-state index in [1.807, 2.05) is 66.1 Å². The van der Waals surface area contributed by atoms with E-state index in [0.29, 0.717) is 27.5 Å². The van der Waals surface area contributed by atoms with Gasteiger partial charge < -0.3 is 9.47 Å². The first-order valence-electron chi connectivity index (χ1n) is 10.9. The number of amides is 1. The SMILES string of the molecule is COc1ccc(/C=N\NC(=O)CSc2nnc(-c3ccc(Cl)cc3)n2-c2ccc(C)cc2)cc1OC. The van der Waals surface area contributed by atoms with E-state index in [-0.39, 0.29) is 11.7 Å². The molecule has 4 rings (SSSR count). The highest BCUT2D eigenvalue weighted by Crippen LogP contribution is 2.29. The number of thioether (sulfide) groups is 1. The van der Waals surface area contributed by atoms with Crippen LogP contribution in [0.4, 0.5) is 0 Å². The Labute approximate surface area is 218 Å². The van der Waals surface area contributed by atoms with Crippen molar-refractivity contribution in [2.24, 2.45) is 5.10 Å². The fraction of sp³-hybridized carbons (Fsp3) is 0.154. The molecule has 4 aromatic rings. The Morgan fingerprint density at radius 1 is 1.03 bits per heavy atom. The van der Waals surface area contributed by atoms with Gasteiger partial charge in [-0.1, -0.05) is 41.1 Å². The molecule has 8 nitrogen and oxygen atoms in total. The number of methoxy groups -OCH3 is 2. The molecule has 0 radical (unpaired) electrons. The molecule has 0 aliphatic carbocycles. The third-order valence-electron chi connectivity index (χ3n) is 5.17. The monoisotopic (exact) mass is 521 g/mol. The van der Waals surface area contributed by atoms with Crippen LogP contribution in [0.5, 0.6) is 11.5 Å². The molecule has 0 saturated heterocycles. The van der Waals surface area contributed by atoms with Gasteiger partial charge in [-0.05, 0) is 67.1 Å². The van der Waals surface area contributed by atoms with Gasteiger partial charge in [-0.3, -0.25) is 9.36 Å². The highest BCUT2D eigenvalue weighted by Gasteiger charge is 2.17. The van der Waals surface area contributed by atoms with Crippen LogP contribution in [0.2, 0.25) is 5.02 Å². The number of nitrogens with one attached hydrogen (secondary N) is 1. The minimum atomic E-state index is -0.275. The van der Waals surface area contributed by atoms with E-state index in [9.17, 15) is 4.79 Å². The maximum atomic E-state index is 12.5. The van der Waals surface area contributed by atoms with Crippen LogP contribution < -0.4 is 14.9 Å². The number of nitrogens with zero attached hydrogens (tertiary/aromatic N) is 4. The summed E-state index contributed by atoms with van der Waals surface area (Å²) in [5.74, 6) is 1.68. The molecule has 36 heavy (non-hydrogen) atoms. The summed E-state index contributed by atoms with van der Waals surface area (Å²) in [6.07, 6.45) is 1.54. The van der Waals surface area contributed by atoms with E-state index in [1.165, 1.54) is 18.0 Å². The summed E-state index contributed by atoms with van der Waals surface area (Å²) >= 11 is 7.33. The maximum absolute atomic E-state index is 12.5. The lowest BCUT2D eigenvalue weighted by atomic mass is 10.2. The smallest absolute Gasteiger partial charge is 0.250 e. The van der Waals surface area contributed by atoms with Gasteiger partial charge in [0.1, 0.15) is 0 Å². The number of ether oxygens (including phenoxy) is 2. The van der Waals surface area contributed by atoms with Crippen LogP contribution in [0.1, 0.15) is 11.1 Å². The van der Waals surface area contributed by atoms with Crippen molar-refractivity contribution in [3.63, 3.8) is 0 Å². The van der Waals surface area contributed by atoms with Gasteiger partial charge in [0.25, 0.3) is 5.91 Å². The average Bonchev–Trinajstić information content (AvgIpc) is 3.32. The van der Waals surface area contributed by atoms with Crippen LogP contribution in [0, 0.1) is 6.92 Å². The largest absolute Gasteiger partial charge is 0.493 e. The summed E-state index contributed by atoms with van der Waals surface area (Å²) in [6, 6.07) is 20.8. The number of carbonyl (C=O) groups excluding carboxylic acids is 1. The van der Waals surface area contributed by atoms with Crippen LogP contribution in [0.3, 0.4) is 0 Å². The number of carbonyl (C=O) groups is 1. The van der Waals surface area contributed by atoms with Crippen molar-refractivity contribution >= 4 is 35.5 Å². The molecule has 0 fully saturated rings. The van der Waals surface area contributed by atoms with Crippen molar-refractivity contribution in [3.05, 3.63) is 82.9 Å². The highest BCUT2D eigenvalue weighted by atomic mass is 35.5. The number of aromatic nitrogens is 3. The Hall–Kier alpha value is -3.82. The highest BCUT2D eigenvalue weighted by molar-refractivity contribution is 7.99. The molecule has 0 saturated carbocycles. The van der Waals surface area contributed by atoms with Crippen molar-refractivity contribution in [2.45, 2.75) is 12.1 Å². The molecule has 0 aliphatic rings. The quantitative estimate of drug-likeness (QED) is 0.186. The third kappa shape index (κ3) is 6.05. The fourth-order valence-corrected chi connectivity index (χ4v) is 4.22. The molecule has 0 unspecified atom stereocenters. The molecule has 10 heteroatoms. The fourth-order valence-electron chi connectivity index (χ4n) is 3.35. The van der Waals surface area contributed by atoms with Crippen LogP contribution in [0.25, 0.3) is 17.1 Å². The number of hydrogen-bond acceptors (Lipinski definition) is 7. The van der Waals surface area contributed by atoms with E-state index in [2.05, 4.69) is 20.7 Å². The minimum Gasteiger partial charge on any atom is -0.493 e. The molecule has 1 aromatic heterocycles.